The molecule has 0 saturated carbocycles. The summed E-state index contributed by atoms with van der Waals surface area (Å²) < 4.78 is 18.3. The van der Waals surface area contributed by atoms with E-state index in [1.165, 1.54) is 18.2 Å². The van der Waals surface area contributed by atoms with E-state index >= 15 is 0 Å². The van der Waals surface area contributed by atoms with Crippen LogP contribution in [0.3, 0.4) is 0 Å². The Kier molecular flexibility index (Phi) is 2.99. The predicted octanol–water partition coefficient (Wildman–Crippen LogP) is 4.21. The Balaban J connectivity index is 2.52. The topological polar surface area (TPSA) is 30.2 Å². The number of hydrogen-bond donors (Lipinski definition) is 0. The highest BCUT2D eigenvalue weighted by Gasteiger charge is 2.11. The van der Waals surface area contributed by atoms with Gasteiger partial charge in [-0.3, -0.25) is 4.79 Å². The van der Waals surface area contributed by atoms with Gasteiger partial charge in [0.05, 0.1) is 10.0 Å². The van der Waals surface area contributed by atoms with Crippen molar-refractivity contribution >= 4 is 29.5 Å². The molecule has 0 fully saturated rings. The molecule has 0 N–H and O–H groups in total. The molecule has 16 heavy (non-hydrogen) atoms. The van der Waals surface area contributed by atoms with Gasteiger partial charge in [-0.05, 0) is 24.3 Å². The molecule has 1 aromatic heterocycles. The summed E-state index contributed by atoms with van der Waals surface area (Å²) in [7, 11) is 0. The molecule has 0 spiro atoms. The van der Waals surface area contributed by atoms with Crippen LogP contribution in [-0.2, 0) is 0 Å². The molecule has 0 bridgehead atoms. The Bertz CT molecular complexity index is 526. The Hall–Kier alpha value is -1.32. The molecule has 5 heteroatoms. The van der Waals surface area contributed by atoms with E-state index in [9.17, 15) is 9.18 Å². The maximum atomic E-state index is 13.1. The lowest BCUT2D eigenvalue weighted by Crippen LogP contribution is -1.82. The van der Waals surface area contributed by atoms with Gasteiger partial charge in [-0.15, -0.1) is 0 Å². The monoisotopic (exact) mass is 258 g/mol. The second kappa shape index (κ2) is 4.28. The molecule has 1 heterocycles. The number of halogens is 3. The zero-order chi connectivity index (χ0) is 11.7. The lowest BCUT2D eigenvalue weighted by atomic mass is 10.2. The van der Waals surface area contributed by atoms with E-state index in [4.69, 9.17) is 27.6 Å². The summed E-state index contributed by atoms with van der Waals surface area (Å²) in [5.41, 5.74) is 0.518. The van der Waals surface area contributed by atoms with Gasteiger partial charge < -0.3 is 4.42 Å². The number of benzene rings is 1. The lowest BCUT2D eigenvalue weighted by molar-refractivity contribution is 0.110. The average molecular weight is 259 g/mol. The Morgan fingerprint density at radius 2 is 1.81 bits per heavy atom. The van der Waals surface area contributed by atoms with Crippen LogP contribution in [0.2, 0.25) is 10.0 Å². The summed E-state index contributed by atoms with van der Waals surface area (Å²) in [5, 5.41) is -0.182. The minimum atomic E-state index is -0.672. The summed E-state index contributed by atoms with van der Waals surface area (Å²) in [6.45, 7) is 0. The zero-order valence-electron chi connectivity index (χ0n) is 7.84. The maximum absolute atomic E-state index is 13.1. The van der Waals surface area contributed by atoms with Crippen molar-refractivity contribution in [3.05, 3.63) is 45.9 Å². The molecule has 0 amide bonds. The van der Waals surface area contributed by atoms with E-state index < -0.39 is 5.82 Å². The third-order valence-corrected chi connectivity index (χ3v) is 2.56. The van der Waals surface area contributed by atoms with Gasteiger partial charge in [-0.25, -0.2) is 4.39 Å². The van der Waals surface area contributed by atoms with E-state index in [1.807, 2.05) is 0 Å². The first-order chi connectivity index (χ1) is 7.61. The second-order valence-corrected chi connectivity index (χ2v) is 3.89. The minimum Gasteiger partial charge on any atom is -0.453 e. The lowest BCUT2D eigenvalue weighted by Gasteiger charge is -2.01. The molecule has 2 nitrogen and oxygen atoms in total. The van der Waals surface area contributed by atoms with Crippen LogP contribution in [0.4, 0.5) is 4.39 Å². The zero-order valence-corrected chi connectivity index (χ0v) is 9.35. The smallest absolute Gasteiger partial charge is 0.185 e. The Morgan fingerprint density at radius 1 is 1.19 bits per heavy atom. The minimum absolute atomic E-state index is 0.0912. The number of carbonyl (C=O) groups is 1. The van der Waals surface area contributed by atoms with Crippen LogP contribution in [0.1, 0.15) is 10.6 Å². The van der Waals surface area contributed by atoms with Crippen LogP contribution in [-0.4, -0.2) is 6.29 Å². The molecule has 2 aromatic rings. The van der Waals surface area contributed by atoms with Crippen molar-refractivity contribution in [1.29, 1.82) is 0 Å². The highest BCUT2D eigenvalue weighted by atomic mass is 35.5. The van der Waals surface area contributed by atoms with Gasteiger partial charge in [0.2, 0.25) is 0 Å². The number of aldehydes is 1. The number of carbonyl (C=O) groups excluding carboxylic acids is 1. The van der Waals surface area contributed by atoms with Gasteiger partial charge in [0, 0.05) is 5.56 Å². The van der Waals surface area contributed by atoms with Crippen molar-refractivity contribution in [2.24, 2.45) is 0 Å². The van der Waals surface area contributed by atoms with E-state index in [0.717, 1.165) is 0 Å². The number of rotatable bonds is 2. The molecular weight excluding hydrogens is 254 g/mol. The van der Waals surface area contributed by atoms with Gasteiger partial charge >= 0.3 is 0 Å². The van der Waals surface area contributed by atoms with E-state index in [0.29, 0.717) is 17.6 Å². The standard InChI is InChI=1S/C11H5Cl2FO2/c12-8-3-6(4-9(13)11(8)14)10-2-1-7(5-15)16-10/h1-5H. The third kappa shape index (κ3) is 1.96. The molecule has 1 aromatic carbocycles. The largest absolute Gasteiger partial charge is 0.453 e. The molecular formula is C11H5Cl2FO2. The highest BCUT2D eigenvalue weighted by molar-refractivity contribution is 6.35. The van der Waals surface area contributed by atoms with E-state index in [2.05, 4.69) is 0 Å². The van der Waals surface area contributed by atoms with Gasteiger partial charge in [-0.1, -0.05) is 23.2 Å². The third-order valence-electron chi connectivity index (χ3n) is 2.01. The van der Waals surface area contributed by atoms with Crippen molar-refractivity contribution in [3.8, 4) is 11.3 Å². The first kappa shape index (κ1) is 11.2. The molecule has 0 radical (unpaired) electrons. The maximum Gasteiger partial charge on any atom is 0.185 e. The van der Waals surface area contributed by atoms with Gasteiger partial charge in [0.1, 0.15) is 5.76 Å². The van der Waals surface area contributed by atoms with Crippen molar-refractivity contribution in [2.75, 3.05) is 0 Å². The fourth-order valence-corrected chi connectivity index (χ4v) is 1.76. The molecule has 0 aliphatic heterocycles. The van der Waals surface area contributed by atoms with Crippen LogP contribution in [0.5, 0.6) is 0 Å². The molecule has 82 valence electrons. The second-order valence-electron chi connectivity index (χ2n) is 3.07. The molecule has 2 rings (SSSR count). The summed E-state index contributed by atoms with van der Waals surface area (Å²) in [6, 6.07) is 5.86. The summed E-state index contributed by atoms with van der Waals surface area (Å²) >= 11 is 11.3. The number of furan rings is 1. The number of hydrogen-bond acceptors (Lipinski definition) is 2. The summed E-state index contributed by atoms with van der Waals surface area (Å²) in [5.74, 6) is -0.0771. The van der Waals surface area contributed by atoms with Crippen LogP contribution in [0, 0.1) is 5.82 Å². The Labute approximate surface area is 101 Å². The molecule has 0 aliphatic rings. The van der Waals surface area contributed by atoms with Crippen molar-refractivity contribution in [3.63, 3.8) is 0 Å². The van der Waals surface area contributed by atoms with E-state index in [1.54, 1.807) is 6.07 Å². The predicted molar refractivity (Wildman–Crippen MR) is 59.5 cm³/mol. The first-order valence-electron chi connectivity index (χ1n) is 4.31. The molecule has 0 saturated heterocycles. The normalized spacial score (nSPS) is 10.4. The van der Waals surface area contributed by atoms with Gasteiger partial charge in [-0.2, -0.15) is 0 Å². The van der Waals surface area contributed by atoms with Crippen LogP contribution < -0.4 is 0 Å². The van der Waals surface area contributed by atoms with Crippen LogP contribution >= 0.6 is 23.2 Å². The molecule has 0 aliphatic carbocycles. The highest BCUT2D eigenvalue weighted by Crippen LogP contribution is 2.31. The van der Waals surface area contributed by atoms with E-state index in [-0.39, 0.29) is 15.8 Å². The quantitative estimate of drug-likeness (QED) is 0.597. The SMILES string of the molecule is O=Cc1ccc(-c2cc(Cl)c(F)c(Cl)c2)o1. The van der Waals surface area contributed by atoms with Crippen molar-refractivity contribution in [1.82, 2.24) is 0 Å². The molecule has 0 unspecified atom stereocenters. The van der Waals surface area contributed by atoms with Crippen molar-refractivity contribution in [2.45, 2.75) is 0 Å². The van der Waals surface area contributed by atoms with Crippen LogP contribution in [0.15, 0.2) is 28.7 Å². The Morgan fingerprint density at radius 3 is 2.31 bits per heavy atom. The fourth-order valence-electron chi connectivity index (χ4n) is 1.27. The van der Waals surface area contributed by atoms with Crippen molar-refractivity contribution < 1.29 is 13.6 Å². The average Bonchev–Trinajstić information content (AvgIpc) is 2.73. The van der Waals surface area contributed by atoms with Crippen LogP contribution in [0.25, 0.3) is 11.3 Å². The summed E-state index contributed by atoms with van der Waals surface area (Å²) in [6.07, 6.45) is 0.580. The fraction of sp³-hybridized carbons (Fsp3) is 0. The molecule has 0 atom stereocenters. The first-order valence-corrected chi connectivity index (χ1v) is 5.07. The van der Waals surface area contributed by atoms with Gasteiger partial charge in [0.15, 0.2) is 17.9 Å². The summed E-state index contributed by atoms with van der Waals surface area (Å²) in [4.78, 5) is 10.4. The van der Waals surface area contributed by atoms with Gasteiger partial charge in [0.25, 0.3) is 0 Å².